The van der Waals surface area contributed by atoms with E-state index in [9.17, 15) is 13.7 Å². The number of aromatic nitrogens is 4. The van der Waals surface area contributed by atoms with E-state index in [1.165, 1.54) is 12.7 Å². The normalized spacial score (nSPS) is 30.9. The van der Waals surface area contributed by atoms with Crippen LogP contribution in [-0.4, -0.2) is 24.4 Å². The Hall–Kier alpha value is -0.960. The molecule has 1 aliphatic carbocycles. The largest absolute Gasteiger partial charge is 0.382 e. The van der Waals surface area contributed by atoms with Crippen LogP contribution in [-0.2, 0) is 19.0 Å². The van der Waals surface area contributed by atoms with E-state index in [1.54, 1.807) is 4.57 Å². The molecule has 1 fully saturated rings. The first kappa shape index (κ1) is 15.0. The first-order valence-corrected chi connectivity index (χ1v) is 9.62. The molecule has 4 atom stereocenters. The molecule has 11 heteroatoms. The van der Waals surface area contributed by atoms with Gasteiger partial charge in [0.05, 0.1) is 36.6 Å². The quantitative estimate of drug-likeness (QED) is 0.825. The van der Waals surface area contributed by atoms with Crippen molar-refractivity contribution >= 4 is 42.4 Å². The van der Waals surface area contributed by atoms with Gasteiger partial charge in [-0.25, -0.2) is 15.0 Å². The van der Waals surface area contributed by atoms with Crippen molar-refractivity contribution in [3.05, 3.63) is 12.7 Å². The van der Waals surface area contributed by atoms with Crippen LogP contribution in [0, 0.1) is 0 Å². The predicted octanol–water partition coefficient (Wildman–Crippen LogP) is 1.21. The lowest BCUT2D eigenvalue weighted by molar-refractivity contribution is 0.412. The summed E-state index contributed by atoms with van der Waals surface area (Å²) in [6, 6.07) is 0. The lowest BCUT2D eigenvalue weighted by atomic mass is 10.2. The molecule has 21 heavy (non-hydrogen) atoms. The average Bonchev–Trinajstić information content (AvgIpc) is 3.09. The Morgan fingerprint density at radius 3 is 2.52 bits per heavy atom. The number of nitrogen functional groups attached to an aromatic ring is 1. The molecular formula is C10H16N5O3P3. The number of hydrogen-bond acceptors (Lipinski definition) is 7. The van der Waals surface area contributed by atoms with Crippen molar-refractivity contribution in [1.82, 2.24) is 19.5 Å². The van der Waals surface area contributed by atoms with Gasteiger partial charge in [-0.1, -0.05) is 0 Å². The van der Waals surface area contributed by atoms with Crippen molar-refractivity contribution in [3.63, 3.8) is 0 Å². The third kappa shape index (κ3) is 1.89. The van der Waals surface area contributed by atoms with Crippen molar-refractivity contribution in [2.45, 2.75) is 29.4 Å². The van der Waals surface area contributed by atoms with Gasteiger partial charge in [-0.2, -0.15) is 0 Å². The summed E-state index contributed by atoms with van der Waals surface area (Å²) < 4.78 is 37.5. The molecule has 0 bridgehead atoms. The van der Waals surface area contributed by atoms with Crippen LogP contribution in [0.1, 0.15) is 19.3 Å². The summed E-state index contributed by atoms with van der Waals surface area (Å²) in [5.74, 6) is 0.238. The van der Waals surface area contributed by atoms with Gasteiger partial charge in [0.2, 0.25) is 0 Å². The van der Waals surface area contributed by atoms with Crippen LogP contribution < -0.4 is 5.73 Å². The second kappa shape index (κ2) is 5.35. The summed E-state index contributed by atoms with van der Waals surface area (Å²) in [5.41, 5.74) is 6.65. The molecule has 0 aliphatic heterocycles. The molecule has 0 amide bonds. The number of nitrogens with two attached hydrogens (primary N) is 1. The Balaban J connectivity index is 2.32. The zero-order valence-corrected chi connectivity index (χ0v) is 14.6. The highest BCUT2D eigenvalue weighted by Crippen LogP contribution is 2.63. The maximum atomic E-state index is 12.1. The molecule has 2 aromatic rings. The highest BCUT2D eigenvalue weighted by Gasteiger charge is 2.56. The lowest BCUT2D eigenvalue weighted by Crippen LogP contribution is -2.39. The molecular weight excluding hydrogens is 331 g/mol. The van der Waals surface area contributed by atoms with E-state index < -0.39 is 35.6 Å². The first-order chi connectivity index (χ1) is 10.1. The topological polar surface area (TPSA) is 121 Å². The van der Waals surface area contributed by atoms with E-state index in [-0.39, 0.29) is 5.82 Å². The van der Waals surface area contributed by atoms with Crippen molar-refractivity contribution in [2.24, 2.45) is 0 Å². The SMILES string of the molecule is Nc1ncnc2c1ncn2C1([PH2]=O)CCCC1([PH2]=O)[PH2]=O. The number of hydrogen-bond donors (Lipinski definition) is 1. The second-order valence-electron chi connectivity index (χ2n) is 5.22. The molecule has 1 aliphatic rings. The van der Waals surface area contributed by atoms with E-state index in [1.807, 2.05) is 0 Å². The molecule has 0 saturated heterocycles. The maximum absolute atomic E-state index is 12.1. The molecule has 114 valence electrons. The van der Waals surface area contributed by atoms with Crippen LogP contribution in [0.5, 0.6) is 0 Å². The van der Waals surface area contributed by atoms with Crippen LogP contribution in [0.25, 0.3) is 11.2 Å². The molecule has 2 aromatic heterocycles. The summed E-state index contributed by atoms with van der Waals surface area (Å²) in [5, 5.41) is -0.920. The minimum Gasteiger partial charge on any atom is -0.382 e. The van der Waals surface area contributed by atoms with Crippen LogP contribution in [0.3, 0.4) is 0 Å². The highest BCUT2D eigenvalue weighted by molar-refractivity contribution is 7.48. The maximum Gasteiger partial charge on any atom is 0.166 e. The van der Waals surface area contributed by atoms with Crippen molar-refractivity contribution < 1.29 is 13.7 Å². The summed E-state index contributed by atoms with van der Waals surface area (Å²) >= 11 is 0. The Kier molecular flexibility index (Phi) is 3.81. The highest BCUT2D eigenvalue weighted by atomic mass is 31.1. The summed E-state index contributed by atoms with van der Waals surface area (Å²) in [6.07, 6.45) is 4.67. The van der Waals surface area contributed by atoms with Gasteiger partial charge in [-0.05, 0) is 19.3 Å². The molecule has 2 heterocycles. The van der Waals surface area contributed by atoms with Gasteiger partial charge in [-0.3, -0.25) is 0 Å². The van der Waals surface area contributed by atoms with Crippen molar-refractivity contribution in [1.29, 1.82) is 0 Å². The van der Waals surface area contributed by atoms with Gasteiger partial charge in [-0.15, -0.1) is 0 Å². The van der Waals surface area contributed by atoms with E-state index in [4.69, 9.17) is 5.73 Å². The summed E-state index contributed by atoms with van der Waals surface area (Å²) in [6.45, 7) is 0. The monoisotopic (exact) mass is 347 g/mol. The van der Waals surface area contributed by atoms with E-state index in [2.05, 4.69) is 15.0 Å². The van der Waals surface area contributed by atoms with E-state index in [0.717, 1.165) is 6.42 Å². The van der Waals surface area contributed by atoms with Gasteiger partial charge in [0.1, 0.15) is 17.1 Å². The standard InChI is InChI=1S/C10H16N5O3P3/c11-7-6-8(13-4-12-7)15(5-14-6)9(19-16)2-1-3-10(9,20-17)21-18/h4-5H,1-3,19-21H2,(H2,11,12,13). The minimum absolute atomic E-state index is 0.238. The number of rotatable bonds is 4. The minimum atomic E-state index is -1.34. The Morgan fingerprint density at radius 2 is 1.86 bits per heavy atom. The van der Waals surface area contributed by atoms with Crippen LogP contribution >= 0.6 is 25.4 Å². The first-order valence-electron chi connectivity index (χ1n) is 6.47. The number of nitrogens with zero attached hydrogens (tertiary/aromatic N) is 4. The molecule has 4 unspecified atom stereocenters. The third-order valence-corrected chi connectivity index (χ3v) is 9.76. The molecule has 0 spiro atoms. The number of fused-ring (bicyclic) bond motifs is 1. The molecule has 3 rings (SSSR count). The molecule has 1 saturated carbocycles. The zero-order valence-electron chi connectivity index (χ0n) is 11.1. The third-order valence-electron chi connectivity index (χ3n) is 4.36. The Morgan fingerprint density at radius 1 is 1.10 bits per heavy atom. The number of imidazole rings is 1. The zero-order chi connectivity index (χ0) is 15.1. The van der Waals surface area contributed by atoms with Crippen LogP contribution in [0.2, 0.25) is 0 Å². The van der Waals surface area contributed by atoms with Gasteiger partial charge in [0.25, 0.3) is 0 Å². The predicted molar refractivity (Wildman–Crippen MR) is 85.5 cm³/mol. The van der Waals surface area contributed by atoms with Gasteiger partial charge >= 0.3 is 0 Å². The average molecular weight is 347 g/mol. The van der Waals surface area contributed by atoms with Crippen LogP contribution in [0.4, 0.5) is 5.82 Å². The molecule has 0 aromatic carbocycles. The smallest absolute Gasteiger partial charge is 0.166 e. The van der Waals surface area contributed by atoms with Gasteiger partial charge < -0.3 is 24.0 Å². The van der Waals surface area contributed by atoms with Crippen LogP contribution in [0.15, 0.2) is 12.7 Å². The fourth-order valence-electron chi connectivity index (χ4n) is 3.16. The Bertz CT molecular complexity index is 743. The second-order valence-corrected chi connectivity index (χ2v) is 9.61. The van der Waals surface area contributed by atoms with Crippen molar-refractivity contribution in [2.75, 3.05) is 5.73 Å². The fourth-order valence-corrected chi connectivity index (χ4v) is 6.81. The molecule has 0 radical (unpaired) electrons. The Labute approximate surface area is 124 Å². The molecule has 8 nitrogen and oxygen atoms in total. The van der Waals surface area contributed by atoms with E-state index >= 15 is 0 Å². The number of anilines is 1. The van der Waals surface area contributed by atoms with Gasteiger partial charge in [0.15, 0.2) is 11.5 Å². The lowest BCUT2D eigenvalue weighted by Gasteiger charge is -2.36. The molecule has 2 N–H and O–H groups in total. The fraction of sp³-hybridized carbons (Fsp3) is 0.500. The summed E-state index contributed by atoms with van der Waals surface area (Å²) in [7, 11) is -3.98. The van der Waals surface area contributed by atoms with Crippen molar-refractivity contribution in [3.8, 4) is 0 Å². The summed E-state index contributed by atoms with van der Waals surface area (Å²) in [4.78, 5) is 11.4. The van der Waals surface area contributed by atoms with Gasteiger partial charge in [0, 0.05) is 0 Å². The van der Waals surface area contributed by atoms with E-state index in [0.29, 0.717) is 24.0 Å².